The predicted molar refractivity (Wildman–Crippen MR) is 110 cm³/mol. The molecule has 2 aliphatic rings. The van der Waals surface area contributed by atoms with Gasteiger partial charge < -0.3 is 9.64 Å². The average molecular weight is 459 g/mol. The first-order valence-electron chi connectivity index (χ1n) is 10.4. The maximum atomic E-state index is 13.0. The standard InChI is InChI=1S/C24H20F3NO5/c1-13(14-9-10-14)28(12-24(25,26)27)19(29)11-33-23(32)18-8-4-7-17-20(18)22(31)16-6-3-2-5-15(16)21(17)30/h2-8,13-14H,9-12H2,1H3. The first kappa shape index (κ1) is 22.7. The van der Waals surface area contributed by atoms with Crippen molar-refractivity contribution in [3.63, 3.8) is 0 Å². The number of benzene rings is 2. The zero-order valence-corrected chi connectivity index (χ0v) is 17.6. The summed E-state index contributed by atoms with van der Waals surface area (Å²) in [5.74, 6) is -3.03. The highest BCUT2D eigenvalue weighted by molar-refractivity contribution is 6.30. The third-order valence-corrected chi connectivity index (χ3v) is 5.96. The van der Waals surface area contributed by atoms with Crippen LogP contribution < -0.4 is 0 Å². The van der Waals surface area contributed by atoms with E-state index >= 15 is 0 Å². The number of fused-ring (bicyclic) bond motifs is 2. The Balaban J connectivity index is 1.54. The van der Waals surface area contributed by atoms with E-state index in [0.717, 1.165) is 12.8 Å². The third kappa shape index (κ3) is 4.53. The molecular formula is C24H20F3NO5. The molecule has 1 atom stereocenters. The van der Waals surface area contributed by atoms with Gasteiger partial charge in [0.05, 0.1) is 5.56 Å². The Bertz CT molecular complexity index is 1150. The van der Waals surface area contributed by atoms with E-state index in [9.17, 15) is 32.3 Å². The van der Waals surface area contributed by atoms with Crippen LogP contribution in [-0.2, 0) is 9.53 Å². The summed E-state index contributed by atoms with van der Waals surface area (Å²) in [5.41, 5.74) is 0.0249. The normalized spacial score (nSPS) is 16.0. The van der Waals surface area contributed by atoms with E-state index in [1.807, 2.05) is 0 Å². The summed E-state index contributed by atoms with van der Waals surface area (Å²) in [6.07, 6.45) is -3.13. The van der Waals surface area contributed by atoms with Gasteiger partial charge in [-0.05, 0) is 31.7 Å². The van der Waals surface area contributed by atoms with Gasteiger partial charge in [-0.15, -0.1) is 0 Å². The van der Waals surface area contributed by atoms with E-state index in [2.05, 4.69) is 0 Å². The van der Waals surface area contributed by atoms with Crippen LogP contribution >= 0.6 is 0 Å². The predicted octanol–water partition coefficient (Wildman–Crippen LogP) is 3.81. The lowest BCUT2D eigenvalue weighted by molar-refractivity contribution is -0.167. The number of nitrogens with zero attached hydrogens (tertiary/aromatic N) is 1. The van der Waals surface area contributed by atoms with E-state index in [-0.39, 0.29) is 33.7 Å². The van der Waals surface area contributed by atoms with Crippen LogP contribution in [0.3, 0.4) is 0 Å². The van der Waals surface area contributed by atoms with Gasteiger partial charge >= 0.3 is 12.1 Å². The zero-order chi connectivity index (χ0) is 23.9. The highest BCUT2D eigenvalue weighted by atomic mass is 19.4. The molecule has 0 aliphatic heterocycles. The van der Waals surface area contributed by atoms with Crippen molar-refractivity contribution in [2.45, 2.75) is 32.0 Å². The SMILES string of the molecule is CC(C1CC1)N(CC(F)(F)F)C(=O)COC(=O)c1cccc2c1C(=O)c1ccccc1C2=O. The van der Waals surface area contributed by atoms with Crippen molar-refractivity contribution in [2.24, 2.45) is 5.92 Å². The molecule has 0 spiro atoms. The van der Waals surface area contributed by atoms with Crippen molar-refractivity contribution in [1.29, 1.82) is 0 Å². The van der Waals surface area contributed by atoms with E-state index in [1.165, 1.54) is 30.3 Å². The minimum atomic E-state index is -4.60. The first-order valence-corrected chi connectivity index (χ1v) is 10.4. The van der Waals surface area contributed by atoms with Gasteiger partial charge in [-0.3, -0.25) is 14.4 Å². The minimum Gasteiger partial charge on any atom is -0.452 e. The van der Waals surface area contributed by atoms with Gasteiger partial charge in [0.15, 0.2) is 18.2 Å². The summed E-state index contributed by atoms with van der Waals surface area (Å²) in [5, 5.41) is 0. The Kier molecular flexibility index (Phi) is 5.82. The van der Waals surface area contributed by atoms with Gasteiger partial charge in [0.1, 0.15) is 6.54 Å². The molecular weight excluding hydrogens is 439 g/mol. The van der Waals surface area contributed by atoms with Crippen LogP contribution in [0.4, 0.5) is 13.2 Å². The lowest BCUT2D eigenvalue weighted by Crippen LogP contribution is -2.47. The maximum Gasteiger partial charge on any atom is 0.406 e. The van der Waals surface area contributed by atoms with Crippen molar-refractivity contribution in [2.75, 3.05) is 13.2 Å². The van der Waals surface area contributed by atoms with Crippen LogP contribution in [0.2, 0.25) is 0 Å². The van der Waals surface area contributed by atoms with E-state index in [0.29, 0.717) is 4.90 Å². The molecule has 2 aromatic rings. The summed E-state index contributed by atoms with van der Waals surface area (Å²) in [6, 6.07) is 9.65. The van der Waals surface area contributed by atoms with Gasteiger partial charge in [-0.25, -0.2) is 4.79 Å². The molecule has 1 amide bonds. The van der Waals surface area contributed by atoms with Crippen molar-refractivity contribution in [3.8, 4) is 0 Å². The van der Waals surface area contributed by atoms with E-state index in [1.54, 1.807) is 19.1 Å². The first-order chi connectivity index (χ1) is 15.6. The zero-order valence-electron chi connectivity index (χ0n) is 17.6. The van der Waals surface area contributed by atoms with Crippen LogP contribution in [0.5, 0.6) is 0 Å². The lowest BCUT2D eigenvalue weighted by atomic mass is 9.82. The number of carbonyl (C=O) groups excluding carboxylic acids is 4. The Morgan fingerprint density at radius 3 is 2.21 bits per heavy atom. The van der Waals surface area contributed by atoms with Crippen LogP contribution in [0, 0.1) is 5.92 Å². The summed E-state index contributed by atoms with van der Waals surface area (Å²) in [4.78, 5) is 51.7. The maximum absolute atomic E-state index is 13.0. The number of amides is 1. The smallest absolute Gasteiger partial charge is 0.406 e. The molecule has 0 N–H and O–H groups in total. The molecule has 0 bridgehead atoms. The number of rotatable bonds is 6. The summed E-state index contributed by atoms with van der Waals surface area (Å²) >= 11 is 0. The molecule has 0 saturated heterocycles. The summed E-state index contributed by atoms with van der Waals surface area (Å²) in [6.45, 7) is -0.807. The minimum absolute atomic E-state index is 0.0168. The third-order valence-electron chi connectivity index (χ3n) is 5.96. The van der Waals surface area contributed by atoms with Crippen LogP contribution in [0.15, 0.2) is 42.5 Å². The molecule has 9 heteroatoms. The number of carbonyl (C=O) groups is 4. The number of halogens is 3. The number of hydrogen-bond donors (Lipinski definition) is 0. The molecule has 172 valence electrons. The molecule has 33 heavy (non-hydrogen) atoms. The molecule has 1 fully saturated rings. The average Bonchev–Trinajstić information content (AvgIpc) is 3.63. The topological polar surface area (TPSA) is 80.8 Å². The van der Waals surface area contributed by atoms with Crippen molar-refractivity contribution < 1.29 is 37.1 Å². The number of hydrogen-bond acceptors (Lipinski definition) is 5. The van der Waals surface area contributed by atoms with Crippen LogP contribution in [0.25, 0.3) is 0 Å². The Morgan fingerprint density at radius 1 is 1.00 bits per heavy atom. The van der Waals surface area contributed by atoms with E-state index in [4.69, 9.17) is 4.74 Å². The Morgan fingerprint density at radius 2 is 1.61 bits per heavy atom. The van der Waals surface area contributed by atoms with Crippen molar-refractivity contribution in [3.05, 3.63) is 70.3 Å². The largest absolute Gasteiger partial charge is 0.452 e. The van der Waals surface area contributed by atoms with Gasteiger partial charge in [0, 0.05) is 28.3 Å². The number of ketones is 2. The molecule has 6 nitrogen and oxygen atoms in total. The molecule has 2 aromatic carbocycles. The number of ether oxygens (including phenoxy) is 1. The lowest BCUT2D eigenvalue weighted by Gasteiger charge is -2.30. The number of alkyl halides is 3. The molecule has 4 rings (SSSR count). The van der Waals surface area contributed by atoms with E-state index < -0.39 is 48.8 Å². The van der Waals surface area contributed by atoms with Crippen molar-refractivity contribution in [1.82, 2.24) is 4.90 Å². The summed E-state index contributed by atoms with van der Waals surface area (Å²) in [7, 11) is 0. The summed E-state index contributed by atoms with van der Waals surface area (Å²) < 4.78 is 44.0. The van der Waals surface area contributed by atoms with Crippen LogP contribution in [-0.4, -0.2) is 53.7 Å². The molecule has 1 unspecified atom stereocenters. The highest BCUT2D eigenvalue weighted by Crippen LogP contribution is 2.36. The fourth-order valence-electron chi connectivity index (χ4n) is 4.09. The molecule has 0 radical (unpaired) electrons. The second-order valence-electron chi connectivity index (χ2n) is 8.22. The van der Waals surface area contributed by atoms with Gasteiger partial charge in [-0.1, -0.05) is 36.4 Å². The fraction of sp³-hybridized carbons (Fsp3) is 0.333. The van der Waals surface area contributed by atoms with Gasteiger partial charge in [0.2, 0.25) is 0 Å². The quantitative estimate of drug-likeness (QED) is 0.524. The Labute approximate surface area is 187 Å². The highest BCUT2D eigenvalue weighted by Gasteiger charge is 2.41. The molecule has 0 aromatic heterocycles. The molecule has 0 heterocycles. The second kappa shape index (κ2) is 8.46. The molecule has 1 saturated carbocycles. The van der Waals surface area contributed by atoms with Gasteiger partial charge in [-0.2, -0.15) is 13.2 Å². The second-order valence-corrected chi connectivity index (χ2v) is 8.22. The fourth-order valence-corrected chi connectivity index (χ4v) is 4.09. The molecule has 2 aliphatic carbocycles. The Hall–Kier alpha value is -3.49. The van der Waals surface area contributed by atoms with Crippen molar-refractivity contribution >= 4 is 23.4 Å². The van der Waals surface area contributed by atoms with Crippen LogP contribution in [0.1, 0.15) is 62.0 Å². The monoisotopic (exact) mass is 459 g/mol. The number of esters is 1. The van der Waals surface area contributed by atoms with Gasteiger partial charge in [0.25, 0.3) is 5.91 Å².